The number of imidazole rings is 1. The molecule has 0 radical (unpaired) electrons. The van der Waals surface area contributed by atoms with Crippen LogP contribution in [0.2, 0.25) is 0 Å². The maximum absolute atomic E-state index is 10.4. The van der Waals surface area contributed by atoms with Crippen LogP contribution in [0.25, 0.3) is 0 Å². The molecule has 110 valence electrons. The lowest BCUT2D eigenvalue weighted by Gasteiger charge is -2.07. The zero-order chi connectivity index (χ0) is 14.9. The zero-order valence-corrected chi connectivity index (χ0v) is 11.4. The Morgan fingerprint density at radius 3 is 2.95 bits per heavy atom. The topological polar surface area (TPSA) is 89.6 Å². The summed E-state index contributed by atoms with van der Waals surface area (Å²) in [5.74, 6) is -0.839. The molecule has 7 heteroatoms. The number of carboxylic acids is 1. The van der Waals surface area contributed by atoms with Crippen LogP contribution in [0.15, 0.2) is 48.4 Å². The highest BCUT2D eigenvalue weighted by molar-refractivity contribution is 5.99. The Balaban J connectivity index is 2.00. The monoisotopic (exact) mass is 288 g/mol. The summed E-state index contributed by atoms with van der Waals surface area (Å²) in [7, 11) is 0. The van der Waals surface area contributed by atoms with Gasteiger partial charge in [0.1, 0.15) is 12.3 Å². The minimum absolute atomic E-state index is 0.0687. The van der Waals surface area contributed by atoms with E-state index in [1.807, 2.05) is 22.9 Å². The minimum atomic E-state index is -0.839. The molecule has 0 spiro atoms. The van der Waals surface area contributed by atoms with E-state index in [0.29, 0.717) is 18.7 Å². The predicted molar refractivity (Wildman–Crippen MR) is 75.8 cm³/mol. The second-order valence-electron chi connectivity index (χ2n) is 4.35. The number of hydrogen-bond acceptors (Lipinski definition) is 5. The van der Waals surface area contributed by atoms with E-state index in [1.54, 1.807) is 24.9 Å². The summed E-state index contributed by atoms with van der Waals surface area (Å²) in [5, 5.41) is 12.7. The van der Waals surface area contributed by atoms with Gasteiger partial charge in [-0.3, -0.25) is 9.78 Å². The Hall–Kier alpha value is -2.70. The highest BCUT2D eigenvalue weighted by Gasteiger charge is 2.06. The lowest BCUT2D eigenvalue weighted by Crippen LogP contribution is -2.12. The molecule has 1 N–H and O–H groups in total. The van der Waals surface area contributed by atoms with Gasteiger partial charge in [-0.1, -0.05) is 5.16 Å². The van der Waals surface area contributed by atoms with Crippen LogP contribution in [0.4, 0.5) is 0 Å². The molecular weight excluding hydrogens is 272 g/mol. The third kappa shape index (κ3) is 5.06. The smallest absolute Gasteiger partial charge is 0.303 e. The van der Waals surface area contributed by atoms with Crippen molar-refractivity contribution in [3.05, 3.63) is 48.8 Å². The van der Waals surface area contributed by atoms with Gasteiger partial charge in [0, 0.05) is 36.8 Å². The van der Waals surface area contributed by atoms with Crippen LogP contribution in [-0.2, 0) is 16.2 Å². The van der Waals surface area contributed by atoms with Crippen molar-refractivity contribution in [3.8, 4) is 0 Å². The molecule has 0 unspecified atom stereocenters. The molecule has 2 aromatic heterocycles. The average molecular weight is 288 g/mol. The molecule has 0 atom stereocenters. The van der Waals surface area contributed by atoms with Crippen molar-refractivity contribution < 1.29 is 14.7 Å². The molecule has 0 fully saturated rings. The molecule has 0 bridgehead atoms. The van der Waals surface area contributed by atoms with Crippen molar-refractivity contribution in [2.75, 3.05) is 6.61 Å². The van der Waals surface area contributed by atoms with Crippen LogP contribution in [0.3, 0.4) is 0 Å². The van der Waals surface area contributed by atoms with Gasteiger partial charge < -0.3 is 14.5 Å². The third-order valence-electron chi connectivity index (χ3n) is 2.69. The molecule has 2 rings (SSSR count). The molecule has 2 aromatic rings. The lowest BCUT2D eigenvalue weighted by molar-refractivity contribution is -0.137. The van der Waals surface area contributed by atoms with E-state index in [0.717, 1.165) is 5.56 Å². The maximum atomic E-state index is 10.4. The number of rotatable bonds is 8. The van der Waals surface area contributed by atoms with Gasteiger partial charge in [-0.05, 0) is 18.6 Å². The van der Waals surface area contributed by atoms with Crippen LogP contribution in [0, 0.1) is 0 Å². The number of nitrogens with zero attached hydrogens (tertiary/aromatic N) is 4. The third-order valence-corrected chi connectivity index (χ3v) is 2.69. The standard InChI is InChI=1S/C14H16N4O3/c19-14(20)4-2-8-21-17-13(10-18-7-6-16-11-18)12-3-1-5-15-9-12/h1,3,5-7,9,11H,2,4,8,10H2,(H,19,20)/b17-13-. The van der Waals surface area contributed by atoms with Gasteiger partial charge in [0.05, 0.1) is 12.9 Å². The van der Waals surface area contributed by atoms with Gasteiger partial charge in [-0.2, -0.15) is 0 Å². The van der Waals surface area contributed by atoms with E-state index >= 15 is 0 Å². The van der Waals surface area contributed by atoms with Crippen molar-refractivity contribution in [1.29, 1.82) is 0 Å². The number of hydrogen-bond donors (Lipinski definition) is 1. The van der Waals surface area contributed by atoms with E-state index in [-0.39, 0.29) is 13.0 Å². The van der Waals surface area contributed by atoms with Gasteiger partial charge in [-0.15, -0.1) is 0 Å². The molecule has 0 amide bonds. The Bertz CT molecular complexity index is 582. The van der Waals surface area contributed by atoms with Gasteiger partial charge in [0.25, 0.3) is 0 Å². The van der Waals surface area contributed by atoms with Gasteiger partial charge >= 0.3 is 5.97 Å². The van der Waals surface area contributed by atoms with Gasteiger partial charge in [0.2, 0.25) is 0 Å². The van der Waals surface area contributed by atoms with Crippen LogP contribution in [0.5, 0.6) is 0 Å². The molecule has 0 aliphatic rings. The summed E-state index contributed by atoms with van der Waals surface area (Å²) in [6, 6.07) is 3.71. The molecule has 0 aliphatic carbocycles. The maximum Gasteiger partial charge on any atom is 0.303 e. The molecule has 0 saturated carbocycles. The van der Waals surface area contributed by atoms with Crippen molar-refractivity contribution >= 4 is 11.7 Å². The van der Waals surface area contributed by atoms with Crippen molar-refractivity contribution in [1.82, 2.24) is 14.5 Å². The van der Waals surface area contributed by atoms with Gasteiger partial charge in [0.15, 0.2) is 0 Å². The molecular formula is C14H16N4O3. The van der Waals surface area contributed by atoms with Crippen molar-refractivity contribution in [2.45, 2.75) is 19.4 Å². The number of carboxylic acid groups (broad SMARTS) is 1. The normalized spacial score (nSPS) is 11.3. The minimum Gasteiger partial charge on any atom is -0.481 e. The Labute approximate surface area is 121 Å². The summed E-state index contributed by atoms with van der Waals surface area (Å²) in [6.07, 6.45) is 9.09. The average Bonchev–Trinajstić information content (AvgIpc) is 2.99. The van der Waals surface area contributed by atoms with E-state index < -0.39 is 5.97 Å². The Morgan fingerprint density at radius 2 is 2.29 bits per heavy atom. The highest BCUT2D eigenvalue weighted by Crippen LogP contribution is 2.04. The summed E-state index contributed by atoms with van der Waals surface area (Å²) >= 11 is 0. The first-order valence-electron chi connectivity index (χ1n) is 6.52. The first-order valence-corrected chi connectivity index (χ1v) is 6.52. The van der Waals surface area contributed by atoms with Crippen LogP contribution >= 0.6 is 0 Å². The van der Waals surface area contributed by atoms with E-state index in [9.17, 15) is 4.79 Å². The number of carbonyl (C=O) groups is 1. The summed E-state index contributed by atoms with van der Waals surface area (Å²) in [4.78, 5) is 23.7. The Morgan fingerprint density at radius 1 is 1.38 bits per heavy atom. The first-order chi connectivity index (χ1) is 10.3. The number of aliphatic carboxylic acids is 1. The van der Waals surface area contributed by atoms with Crippen molar-refractivity contribution in [2.24, 2.45) is 5.16 Å². The molecule has 0 aromatic carbocycles. The van der Waals surface area contributed by atoms with Crippen molar-refractivity contribution in [3.63, 3.8) is 0 Å². The second-order valence-corrected chi connectivity index (χ2v) is 4.35. The number of aromatic nitrogens is 3. The molecule has 0 aliphatic heterocycles. The highest BCUT2D eigenvalue weighted by atomic mass is 16.6. The molecule has 7 nitrogen and oxygen atoms in total. The fraction of sp³-hybridized carbons (Fsp3) is 0.286. The van der Waals surface area contributed by atoms with Crippen LogP contribution in [0.1, 0.15) is 18.4 Å². The van der Waals surface area contributed by atoms with Crippen LogP contribution < -0.4 is 0 Å². The Kier molecular flexibility index (Phi) is 5.45. The van der Waals surface area contributed by atoms with Gasteiger partial charge in [-0.25, -0.2) is 4.98 Å². The lowest BCUT2D eigenvalue weighted by atomic mass is 10.2. The fourth-order valence-electron chi connectivity index (χ4n) is 1.67. The molecule has 21 heavy (non-hydrogen) atoms. The van der Waals surface area contributed by atoms with E-state index in [1.165, 1.54) is 0 Å². The zero-order valence-electron chi connectivity index (χ0n) is 11.4. The molecule has 0 saturated heterocycles. The second kappa shape index (κ2) is 7.78. The van der Waals surface area contributed by atoms with E-state index in [2.05, 4.69) is 15.1 Å². The largest absolute Gasteiger partial charge is 0.481 e. The summed E-state index contributed by atoms with van der Waals surface area (Å²) in [5.41, 5.74) is 1.56. The first kappa shape index (κ1) is 14.7. The SMILES string of the molecule is O=C(O)CCCO/N=C(/Cn1ccnc1)c1cccnc1. The quantitative estimate of drug-likeness (QED) is 0.452. The number of oxime groups is 1. The predicted octanol–water partition coefficient (Wildman–Crippen LogP) is 1.56. The number of pyridine rings is 1. The summed E-state index contributed by atoms with van der Waals surface area (Å²) < 4.78 is 1.87. The molecule has 2 heterocycles. The summed E-state index contributed by atoms with van der Waals surface area (Å²) in [6.45, 7) is 0.768. The van der Waals surface area contributed by atoms with Crippen LogP contribution in [-0.4, -0.2) is 37.9 Å². The fourth-order valence-corrected chi connectivity index (χ4v) is 1.67. The van der Waals surface area contributed by atoms with E-state index in [4.69, 9.17) is 9.94 Å².